The van der Waals surface area contributed by atoms with Crippen molar-refractivity contribution in [3.63, 3.8) is 0 Å². The van der Waals surface area contributed by atoms with Crippen LogP contribution in [-0.4, -0.2) is 33.2 Å². The van der Waals surface area contributed by atoms with Crippen molar-refractivity contribution in [2.24, 2.45) is 0 Å². The average molecular weight is 506 g/mol. The number of aromatic amines is 1. The van der Waals surface area contributed by atoms with Crippen LogP contribution < -0.4 is 15.9 Å². The Morgan fingerprint density at radius 2 is 1.89 bits per heavy atom. The van der Waals surface area contributed by atoms with Gasteiger partial charge in [0.2, 0.25) is 5.69 Å². The van der Waals surface area contributed by atoms with E-state index in [-0.39, 0.29) is 17.8 Å². The van der Waals surface area contributed by atoms with Gasteiger partial charge in [-0.05, 0) is 18.2 Å². The van der Waals surface area contributed by atoms with Crippen LogP contribution >= 0.6 is 11.8 Å². The molecule has 12 heteroatoms. The van der Waals surface area contributed by atoms with Gasteiger partial charge in [-0.3, -0.25) is 14.4 Å². The zero-order chi connectivity index (χ0) is 25.3. The van der Waals surface area contributed by atoms with Crippen LogP contribution in [0.1, 0.15) is 32.7 Å². The van der Waals surface area contributed by atoms with Crippen molar-refractivity contribution in [2.75, 3.05) is 6.54 Å². The molecule has 0 bridgehead atoms. The molecule has 3 aromatic rings. The number of thioether (sulfide) groups is 1. The van der Waals surface area contributed by atoms with Gasteiger partial charge < -0.3 is 20.1 Å². The van der Waals surface area contributed by atoms with E-state index >= 15 is 0 Å². The van der Waals surface area contributed by atoms with E-state index in [2.05, 4.69) is 10.3 Å². The minimum absolute atomic E-state index is 0.0150. The number of nitrogens with one attached hydrogen (secondary N) is 2. The summed E-state index contributed by atoms with van der Waals surface area (Å²) in [6.45, 7) is -0.738. The number of aromatic nitrogens is 2. The minimum atomic E-state index is -4.53. The topological polar surface area (TPSA) is 123 Å². The second-order valence-corrected chi connectivity index (χ2v) is 8.75. The smallest absolute Gasteiger partial charge is 0.417 e. The lowest BCUT2D eigenvalue weighted by molar-refractivity contribution is -0.365. The predicted molar refractivity (Wildman–Crippen MR) is 120 cm³/mol. The number of carboxylic acid groups (broad SMARTS) is 1. The summed E-state index contributed by atoms with van der Waals surface area (Å²) < 4.78 is 41.4. The first-order valence-electron chi connectivity index (χ1n) is 10.3. The van der Waals surface area contributed by atoms with E-state index in [0.29, 0.717) is 28.3 Å². The van der Waals surface area contributed by atoms with Crippen LogP contribution in [0, 0.1) is 0 Å². The third kappa shape index (κ3) is 4.87. The van der Waals surface area contributed by atoms with Gasteiger partial charge in [0.25, 0.3) is 11.5 Å². The number of carboxylic acids is 1. The van der Waals surface area contributed by atoms with Crippen LogP contribution in [0.5, 0.6) is 5.75 Å². The second kappa shape index (κ2) is 9.45. The first kappa shape index (κ1) is 24.3. The maximum atomic E-state index is 13.4. The first-order valence-corrected chi connectivity index (χ1v) is 11.5. The maximum Gasteiger partial charge on any atom is 0.417 e. The molecule has 1 amide bonds. The molecule has 0 aliphatic carbocycles. The summed E-state index contributed by atoms with van der Waals surface area (Å²) in [5.74, 6) is -2.01. The molecular weight excluding hydrogens is 487 g/mol. The van der Waals surface area contributed by atoms with Crippen molar-refractivity contribution in [2.45, 2.75) is 24.2 Å². The number of amides is 1. The Morgan fingerprint density at radius 1 is 1.14 bits per heavy atom. The first-order chi connectivity index (χ1) is 16.6. The van der Waals surface area contributed by atoms with Crippen LogP contribution in [0.15, 0.2) is 47.4 Å². The van der Waals surface area contributed by atoms with Crippen molar-refractivity contribution in [1.29, 1.82) is 0 Å². The molecule has 0 spiro atoms. The summed E-state index contributed by atoms with van der Waals surface area (Å²) in [6.07, 6.45) is -3.06. The molecular formula is C23H19F3N3O5S+. The van der Waals surface area contributed by atoms with Gasteiger partial charge in [0, 0.05) is 34.4 Å². The van der Waals surface area contributed by atoms with E-state index in [1.807, 2.05) is 0 Å². The van der Waals surface area contributed by atoms with Crippen LogP contribution in [0.3, 0.4) is 0 Å². The molecule has 0 saturated carbocycles. The van der Waals surface area contributed by atoms with Crippen molar-refractivity contribution in [3.05, 3.63) is 80.9 Å². The molecule has 4 N–H and O–H groups in total. The molecule has 2 aromatic heterocycles. The van der Waals surface area contributed by atoms with Crippen LogP contribution in [0.2, 0.25) is 0 Å². The number of carbonyl (C=O) groups is 2. The highest BCUT2D eigenvalue weighted by Crippen LogP contribution is 2.37. The number of fused-ring (bicyclic) bond motifs is 1. The Morgan fingerprint density at radius 3 is 2.54 bits per heavy atom. The highest BCUT2D eigenvalue weighted by Gasteiger charge is 2.35. The second-order valence-electron chi connectivity index (χ2n) is 7.76. The molecule has 1 aliphatic heterocycles. The predicted octanol–water partition coefficient (Wildman–Crippen LogP) is 2.66. The SMILES string of the molecule is O=C(O)CNC(=O)c1c(O)c2c(n(Cc3ccc(-c4ccccc4C(F)(F)F)[nH+]c3)c1=O)CSC2. The number of carbonyl (C=O) groups excluding carboxylic acids is 1. The van der Waals surface area contributed by atoms with Crippen molar-refractivity contribution >= 4 is 23.6 Å². The molecule has 4 rings (SSSR count). The molecule has 0 fully saturated rings. The van der Waals surface area contributed by atoms with Crippen LogP contribution in [0.25, 0.3) is 11.3 Å². The molecule has 1 aliphatic rings. The number of hydrogen-bond donors (Lipinski definition) is 3. The van der Waals surface area contributed by atoms with Gasteiger partial charge in [0.1, 0.15) is 17.9 Å². The highest BCUT2D eigenvalue weighted by atomic mass is 32.2. The third-order valence-corrected chi connectivity index (χ3v) is 6.48. The summed E-state index contributed by atoms with van der Waals surface area (Å²) in [4.78, 5) is 39.2. The fourth-order valence-corrected chi connectivity index (χ4v) is 5.00. The maximum absolute atomic E-state index is 13.4. The van der Waals surface area contributed by atoms with Gasteiger partial charge in [-0.25, -0.2) is 4.98 Å². The molecule has 35 heavy (non-hydrogen) atoms. The van der Waals surface area contributed by atoms with Crippen LogP contribution in [-0.2, 0) is 29.0 Å². The molecule has 0 saturated heterocycles. The number of benzene rings is 1. The highest BCUT2D eigenvalue weighted by molar-refractivity contribution is 7.98. The van der Waals surface area contributed by atoms with E-state index in [0.717, 1.165) is 6.07 Å². The van der Waals surface area contributed by atoms with Crippen molar-refractivity contribution < 1.29 is 38.0 Å². The van der Waals surface area contributed by atoms with Gasteiger partial charge in [-0.2, -0.15) is 24.9 Å². The Kier molecular flexibility index (Phi) is 6.57. The summed E-state index contributed by atoms with van der Waals surface area (Å²) in [5.41, 5.74) is -0.441. The van der Waals surface area contributed by atoms with E-state index in [9.17, 15) is 32.7 Å². The van der Waals surface area contributed by atoms with Crippen molar-refractivity contribution in [3.8, 4) is 17.0 Å². The lowest BCUT2D eigenvalue weighted by Gasteiger charge is -2.15. The Balaban J connectivity index is 1.70. The Hall–Kier alpha value is -3.80. The zero-order valence-corrected chi connectivity index (χ0v) is 18.8. The monoisotopic (exact) mass is 506 g/mol. The fraction of sp³-hybridized carbons (Fsp3) is 0.217. The van der Waals surface area contributed by atoms with Gasteiger partial charge in [0.05, 0.1) is 17.7 Å². The Labute approximate surface area is 200 Å². The van der Waals surface area contributed by atoms with Crippen molar-refractivity contribution in [1.82, 2.24) is 9.88 Å². The number of H-pyrrole nitrogens is 1. The molecule has 182 valence electrons. The lowest BCUT2D eigenvalue weighted by Crippen LogP contribution is -2.37. The largest absolute Gasteiger partial charge is 0.507 e. The summed E-state index contributed by atoms with van der Waals surface area (Å²) in [5, 5.41) is 21.4. The number of halogens is 3. The summed E-state index contributed by atoms with van der Waals surface area (Å²) in [6, 6.07) is 8.19. The van der Waals surface area contributed by atoms with E-state index in [4.69, 9.17) is 5.11 Å². The fourth-order valence-electron chi connectivity index (χ4n) is 3.86. The molecule has 0 unspecified atom stereocenters. The van der Waals surface area contributed by atoms with Crippen LogP contribution in [0.4, 0.5) is 13.2 Å². The number of alkyl halides is 3. The average Bonchev–Trinajstić information content (AvgIpc) is 3.31. The number of aliphatic carboxylic acids is 1. The van der Waals surface area contributed by atoms with E-state index in [1.165, 1.54) is 46.8 Å². The Bertz CT molecular complexity index is 1370. The molecule has 0 radical (unpaired) electrons. The lowest BCUT2D eigenvalue weighted by atomic mass is 10.0. The normalized spacial score (nSPS) is 12.9. The van der Waals surface area contributed by atoms with E-state index in [1.54, 1.807) is 6.07 Å². The molecule has 0 atom stereocenters. The number of nitrogens with zero attached hydrogens (tertiary/aromatic N) is 1. The zero-order valence-electron chi connectivity index (χ0n) is 18.0. The molecule has 3 heterocycles. The van der Waals surface area contributed by atoms with Gasteiger partial charge >= 0.3 is 12.1 Å². The number of pyridine rings is 2. The number of rotatable bonds is 6. The molecule has 1 aromatic carbocycles. The minimum Gasteiger partial charge on any atom is -0.507 e. The quantitative estimate of drug-likeness (QED) is 0.473. The van der Waals surface area contributed by atoms with Gasteiger partial charge in [-0.15, -0.1) is 0 Å². The van der Waals surface area contributed by atoms with E-state index < -0.39 is 47.0 Å². The van der Waals surface area contributed by atoms with Gasteiger partial charge in [-0.1, -0.05) is 12.1 Å². The number of aromatic hydroxyl groups is 1. The standard InChI is InChI=1S/C23H18F3N3O5S/c24-23(25,26)15-4-2-1-3-13(15)16-6-5-12(7-27-16)9-29-17-11-35-10-14(17)20(32)19(22(29)34)21(33)28-8-18(30)31/h1-7,32H,8-11H2,(H,28,33)(H,30,31)/p+1. The third-order valence-electron chi connectivity index (χ3n) is 5.51. The van der Waals surface area contributed by atoms with Gasteiger partial charge in [0.15, 0.2) is 6.20 Å². The molecule has 8 nitrogen and oxygen atoms in total. The summed E-state index contributed by atoms with van der Waals surface area (Å²) in [7, 11) is 0. The summed E-state index contributed by atoms with van der Waals surface area (Å²) >= 11 is 1.43. The number of hydrogen-bond acceptors (Lipinski definition) is 5.